The highest BCUT2D eigenvalue weighted by atomic mass is 16.5. The highest BCUT2D eigenvalue weighted by Gasteiger charge is 2.17. The first-order valence-electron chi connectivity index (χ1n) is 10.1. The van der Waals surface area contributed by atoms with Crippen molar-refractivity contribution >= 4 is 0 Å². The third kappa shape index (κ3) is 6.47. The molecule has 0 bridgehead atoms. The average molecular weight is 332 g/mol. The number of piperidine rings is 1. The second-order valence-electron chi connectivity index (χ2n) is 7.93. The highest BCUT2D eigenvalue weighted by Crippen LogP contribution is 2.28. The van der Waals surface area contributed by atoms with Crippen molar-refractivity contribution in [2.75, 3.05) is 26.2 Å². The fraction of sp³-hybridized carbons (Fsp3) is 0.727. The first kappa shape index (κ1) is 19.3. The molecule has 1 fully saturated rings. The van der Waals surface area contributed by atoms with E-state index in [4.69, 9.17) is 4.74 Å². The van der Waals surface area contributed by atoms with Crippen molar-refractivity contribution in [3.63, 3.8) is 0 Å². The molecule has 0 aliphatic carbocycles. The van der Waals surface area contributed by atoms with E-state index in [0.29, 0.717) is 0 Å². The van der Waals surface area contributed by atoms with Gasteiger partial charge in [-0.15, -0.1) is 0 Å². The van der Waals surface area contributed by atoms with Crippen molar-refractivity contribution in [2.24, 2.45) is 0 Å². The van der Waals surface area contributed by atoms with Crippen molar-refractivity contribution in [1.82, 2.24) is 4.90 Å². The summed E-state index contributed by atoms with van der Waals surface area (Å²) in [6, 6.07) is 8.70. The summed E-state index contributed by atoms with van der Waals surface area (Å²) in [5.41, 5.74) is 1.66. The van der Waals surface area contributed by atoms with Crippen LogP contribution in [0.2, 0.25) is 0 Å². The molecular weight excluding hydrogens is 294 g/mol. The monoisotopic (exact) mass is 331 g/mol. The van der Waals surface area contributed by atoms with E-state index in [9.17, 15) is 0 Å². The van der Waals surface area contributed by atoms with Gasteiger partial charge in [-0.25, -0.2) is 0 Å². The summed E-state index contributed by atoms with van der Waals surface area (Å²) in [4.78, 5) is 2.64. The lowest BCUT2D eigenvalue weighted by molar-refractivity contribution is 0.223. The van der Waals surface area contributed by atoms with Gasteiger partial charge in [0.1, 0.15) is 5.75 Å². The van der Waals surface area contributed by atoms with Gasteiger partial charge in [-0.2, -0.15) is 0 Å². The Balaban J connectivity index is 1.54. The standard InChI is InChI=1S/C22H37NO/c1-4-22(2,3)20-12-14-21(15-13-20)24-19-11-6-5-8-16-23-17-9-7-10-18-23/h12-15H,4-11,16-19H2,1-3H3. The van der Waals surface area contributed by atoms with Gasteiger partial charge in [0.2, 0.25) is 0 Å². The zero-order valence-corrected chi connectivity index (χ0v) is 16.2. The molecule has 0 N–H and O–H groups in total. The minimum atomic E-state index is 0.257. The summed E-state index contributed by atoms with van der Waals surface area (Å²) in [7, 11) is 0. The van der Waals surface area contributed by atoms with Crippen molar-refractivity contribution in [3.05, 3.63) is 29.8 Å². The first-order chi connectivity index (χ1) is 11.6. The van der Waals surface area contributed by atoms with Crippen LogP contribution < -0.4 is 4.74 Å². The third-order valence-electron chi connectivity index (χ3n) is 5.61. The maximum atomic E-state index is 5.89. The maximum absolute atomic E-state index is 5.89. The molecule has 1 aliphatic heterocycles. The van der Waals surface area contributed by atoms with E-state index in [-0.39, 0.29) is 5.41 Å². The minimum absolute atomic E-state index is 0.257. The van der Waals surface area contributed by atoms with Gasteiger partial charge in [-0.05, 0) is 74.8 Å². The summed E-state index contributed by atoms with van der Waals surface area (Å²) in [6.45, 7) is 11.6. The Bertz CT molecular complexity index is 446. The average Bonchev–Trinajstić information content (AvgIpc) is 2.62. The molecule has 0 saturated carbocycles. The lowest BCUT2D eigenvalue weighted by Gasteiger charge is -2.26. The van der Waals surface area contributed by atoms with E-state index in [0.717, 1.165) is 18.8 Å². The molecule has 1 aromatic carbocycles. The van der Waals surface area contributed by atoms with Crippen molar-refractivity contribution in [3.8, 4) is 5.75 Å². The second-order valence-corrected chi connectivity index (χ2v) is 7.93. The van der Waals surface area contributed by atoms with Gasteiger partial charge in [0, 0.05) is 0 Å². The van der Waals surface area contributed by atoms with Crippen molar-refractivity contribution < 1.29 is 4.74 Å². The largest absolute Gasteiger partial charge is 0.494 e. The zero-order valence-electron chi connectivity index (χ0n) is 16.2. The van der Waals surface area contributed by atoms with Crippen LogP contribution in [-0.4, -0.2) is 31.1 Å². The van der Waals surface area contributed by atoms with Gasteiger partial charge in [-0.1, -0.05) is 52.2 Å². The molecule has 1 saturated heterocycles. The fourth-order valence-electron chi connectivity index (χ4n) is 3.37. The third-order valence-corrected chi connectivity index (χ3v) is 5.61. The molecule has 2 heteroatoms. The summed E-state index contributed by atoms with van der Waals surface area (Å²) >= 11 is 0. The first-order valence-corrected chi connectivity index (χ1v) is 10.1. The molecule has 0 radical (unpaired) electrons. The molecule has 0 aromatic heterocycles. The number of unbranched alkanes of at least 4 members (excludes halogenated alkanes) is 3. The Morgan fingerprint density at radius 2 is 1.58 bits per heavy atom. The predicted molar refractivity (Wildman–Crippen MR) is 104 cm³/mol. The van der Waals surface area contributed by atoms with E-state index < -0.39 is 0 Å². The van der Waals surface area contributed by atoms with Gasteiger partial charge in [0.25, 0.3) is 0 Å². The van der Waals surface area contributed by atoms with Crippen LogP contribution in [0.4, 0.5) is 0 Å². The second kappa shape index (κ2) is 10.1. The summed E-state index contributed by atoms with van der Waals surface area (Å²) in [5.74, 6) is 1.01. The molecule has 0 atom stereocenters. The van der Waals surface area contributed by atoms with Gasteiger partial charge < -0.3 is 9.64 Å². The van der Waals surface area contributed by atoms with Crippen molar-refractivity contribution in [1.29, 1.82) is 0 Å². The number of likely N-dealkylation sites (tertiary alicyclic amines) is 1. The van der Waals surface area contributed by atoms with Crippen LogP contribution in [0.1, 0.15) is 77.7 Å². The predicted octanol–water partition coefficient (Wildman–Crippen LogP) is 5.80. The number of ether oxygens (including phenoxy) is 1. The minimum Gasteiger partial charge on any atom is -0.494 e. The lowest BCUT2D eigenvalue weighted by Crippen LogP contribution is -2.30. The number of benzene rings is 1. The van der Waals surface area contributed by atoms with Gasteiger partial charge in [-0.3, -0.25) is 0 Å². The summed E-state index contributed by atoms with van der Waals surface area (Å²) < 4.78 is 5.89. The van der Waals surface area contributed by atoms with Crippen LogP contribution >= 0.6 is 0 Å². The quantitative estimate of drug-likeness (QED) is 0.502. The number of hydrogen-bond acceptors (Lipinski definition) is 2. The summed E-state index contributed by atoms with van der Waals surface area (Å²) in [6.07, 6.45) is 10.5. The molecule has 1 heterocycles. The molecule has 0 spiro atoms. The number of hydrogen-bond donors (Lipinski definition) is 0. The zero-order chi connectivity index (χ0) is 17.3. The van der Waals surface area contributed by atoms with Crippen LogP contribution in [0.5, 0.6) is 5.75 Å². The number of rotatable bonds is 10. The molecule has 0 unspecified atom stereocenters. The Hall–Kier alpha value is -1.02. The smallest absolute Gasteiger partial charge is 0.119 e. The summed E-state index contributed by atoms with van der Waals surface area (Å²) in [5, 5.41) is 0. The SMILES string of the molecule is CCC(C)(C)c1ccc(OCCCCCCN2CCCCC2)cc1. The molecular formula is C22H37NO. The topological polar surface area (TPSA) is 12.5 Å². The Kier molecular flexibility index (Phi) is 8.11. The molecule has 1 aromatic rings. The molecule has 136 valence electrons. The van der Waals surface area contributed by atoms with Crippen LogP contribution in [0.3, 0.4) is 0 Å². The molecule has 1 aliphatic rings. The van der Waals surface area contributed by atoms with E-state index >= 15 is 0 Å². The van der Waals surface area contributed by atoms with Crippen molar-refractivity contribution in [2.45, 2.75) is 77.6 Å². The van der Waals surface area contributed by atoms with Crippen LogP contribution in [0.25, 0.3) is 0 Å². The molecule has 24 heavy (non-hydrogen) atoms. The van der Waals surface area contributed by atoms with Crippen LogP contribution in [0.15, 0.2) is 24.3 Å². The van der Waals surface area contributed by atoms with Gasteiger partial charge >= 0.3 is 0 Å². The highest BCUT2D eigenvalue weighted by molar-refractivity contribution is 5.31. The normalized spacial score (nSPS) is 16.3. The van der Waals surface area contributed by atoms with E-state index in [1.165, 1.54) is 70.1 Å². The van der Waals surface area contributed by atoms with Crippen LogP contribution in [-0.2, 0) is 5.41 Å². The Morgan fingerprint density at radius 3 is 2.25 bits per heavy atom. The van der Waals surface area contributed by atoms with Crippen LogP contribution in [0, 0.1) is 0 Å². The van der Waals surface area contributed by atoms with Gasteiger partial charge in [0.05, 0.1) is 6.61 Å². The maximum Gasteiger partial charge on any atom is 0.119 e. The molecule has 2 rings (SSSR count). The molecule has 2 nitrogen and oxygen atoms in total. The Labute approximate surface area is 149 Å². The Morgan fingerprint density at radius 1 is 0.917 bits per heavy atom. The van der Waals surface area contributed by atoms with Gasteiger partial charge in [0.15, 0.2) is 0 Å². The van der Waals surface area contributed by atoms with E-state index in [1.807, 2.05) is 0 Å². The van der Waals surface area contributed by atoms with E-state index in [2.05, 4.69) is 49.9 Å². The lowest BCUT2D eigenvalue weighted by atomic mass is 9.82. The van der Waals surface area contributed by atoms with E-state index in [1.54, 1.807) is 0 Å². The molecule has 0 amide bonds. The number of nitrogens with zero attached hydrogens (tertiary/aromatic N) is 1. The fourth-order valence-corrected chi connectivity index (χ4v) is 3.37.